The first-order valence-electron chi connectivity index (χ1n) is 6.13. The molecule has 0 aliphatic carbocycles. The van der Waals surface area contributed by atoms with E-state index in [0.29, 0.717) is 5.01 Å². The van der Waals surface area contributed by atoms with Crippen molar-refractivity contribution in [2.24, 2.45) is 22.3 Å². The number of nitrogens with zero attached hydrogens (tertiary/aromatic N) is 3. The van der Waals surface area contributed by atoms with Gasteiger partial charge in [-0.25, -0.2) is 10.9 Å². The summed E-state index contributed by atoms with van der Waals surface area (Å²) >= 11 is 0. The fraction of sp³-hybridized carbons (Fsp3) is 0.545. The summed E-state index contributed by atoms with van der Waals surface area (Å²) in [6.45, 7) is -0.575. The minimum absolute atomic E-state index is 0.378. The van der Waals surface area contributed by atoms with E-state index in [0.717, 1.165) is 0 Å². The Hall–Kier alpha value is -2.23. The first-order chi connectivity index (χ1) is 10.3. The molecular weight excluding hydrogens is 296 g/mol. The molecule has 0 spiro atoms. The molecule has 1 aliphatic heterocycles. The number of nitriles is 1. The molecule has 11 nitrogen and oxygen atoms in total. The highest BCUT2D eigenvalue weighted by Gasteiger charge is 2.46. The van der Waals surface area contributed by atoms with Crippen LogP contribution in [0.15, 0.2) is 16.4 Å². The lowest BCUT2D eigenvalue weighted by Crippen LogP contribution is -2.54. The number of aliphatic imine (C=N–C) groups is 1. The number of rotatable bonds is 4. The predicted molar refractivity (Wildman–Crippen MR) is 73.2 cm³/mol. The van der Waals surface area contributed by atoms with Gasteiger partial charge in [0.25, 0.3) is 5.91 Å². The number of hydrogen-bond donors (Lipinski definition) is 6. The molecule has 22 heavy (non-hydrogen) atoms. The van der Waals surface area contributed by atoms with Crippen LogP contribution in [0.2, 0.25) is 0 Å². The summed E-state index contributed by atoms with van der Waals surface area (Å²) in [5, 5.41) is 37.6. The van der Waals surface area contributed by atoms with Gasteiger partial charge in [-0.1, -0.05) is 0 Å². The molecule has 1 saturated heterocycles. The second-order valence-electron chi connectivity index (χ2n) is 4.45. The normalized spacial score (nSPS) is 29.7. The summed E-state index contributed by atoms with van der Waals surface area (Å²) in [5.41, 5.74) is 9.66. The first-order valence-corrected chi connectivity index (χ1v) is 6.13. The average molecular weight is 314 g/mol. The van der Waals surface area contributed by atoms with Gasteiger partial charge >= 0.3 is 0 Å². The zero-order valence-electron chi connectivity index (χ0n) is 11.7. The number of hydrazine groups is 1. The van der Waals surface area contributed by atoms with E-state index in [1.807, 2.05) is 0 Å². The van der Waals surface area contributed by atoms with Crippen molar-refractivity contribution in [3.05, 3.63) is 11.4 Å². The third-order valence-corrected chi connectivity index (χ3v) is 3.12. The van der Waals surface area contributed by atoms with Crippen molar-refractivity contribution in [1.29, 1.82) is 5.26 Å². The van der Waals surface area contributed by atoms with E-state index in [-0.39, 0.29) is 5.70 Å². The molecule has 11 heteroatoms. The molecule has 122 valence electrons. The molecule has 0 aromatic carbocycles. The molecule has 1 amide bonds. The van der Waals surface area contributed by atoms with E-state index in [2.05, 4.69) is 4.99 Å². The van der Waals surface area contributed by atoms with Gasteiger partial charge in [-0.05, 0) is 0 Å². The monoisotopic (exact) mass is 314 g/mol. The number of aliphatic hydroxyl groups is 3. The Bertz CT molecular complexity index is 542. The second kappa shape index (κ2) is 7.16. The van der Waals surface area contributed by atoms with Crippen molar-refractivity contribution < 1.29 is 24.9 Å². The molecule has 1 rings (SSSR count). The Kier molecular flexibility index (Phi) is 5.80. The minimum Gasteiger partial charge on any atom is -0.395 e. The van der Waals surface area contributed by atoms with Crippen molar-refractivity contribution >= 4 is 11.6 Å². The van der Waals surface area contributed by atoms with Gasteiger partial charge in [0.05, 0.1) is 12.3 Å². The molecule has 1 aliphatic rings. The van der Waals surface area contributed by atoms with Gasteiger partial charge < -0.3 is 31.5 Å². The van der Waals surface area contributed by atoms with Crippen LogP contribution in [0.4, 0.5) is 0 Å². The summed E-state index contributed by atoms with van der Waals surface area (Å²) in [4.78, 5) is 15.8. The molecule has 9 N–H and O–H groups in total. The highest BCUT2D eigenvalue weighted by atomic mass is 16.6. The van der Waals surface area contributed by atoms with Crippen LogP contribution in [0, 0.1) is 11.3 Å². The number of ether oxygens (including phenoxy) is 1. The summed E-state index contributed by atoms with van der Waals surface area (Å²) in [6.07, 6.45) is -5.49. The smallest absolute Gasteiger partial charge is 0.290 e. The number of allylic oxidation sites excluding steroid dienone is 1. The number of nitrogens with two attached hydrogens (primary N) is 3. The fourth-order valence-electron chi connectivity index (χ4n) is 1.87. The maximum atomic E-state index is 12.2. The lowest BCUT2D eigenvalue weighted by atomic mass is 10.1. The van der Waals surface area contributed by atoms with E-state index in [9.17, 15) is 15.0 Å². The third-order valence-electron chi connectivity index (χ3n) is 3.12. The molecule has 0 radical (unpaired) electrons. The molecular formula is C11H18N6O5. The van der Waals surface area contributed by atoms with E-state index in [1.54, 1.807) is 6.07 Å². The van der Waals surface area contributed by atoms with Crippen LogP contribution in [0.25, 0.3) is 0 Å². The first kappa shape index (κ1) is 17.8. The SMILES string of the molecule is CN=C(C(=O)N(N)C1OC(CO)C(O)C1O)/C(N)=C(\N)C#N. The second-order valence-corrected chi connectivity index (χ2v) is 4.45. The van der Waals surface area contributed by atoms with Crippen LogP contribution in [-0.2, 0) is 9.53 Å². The van der Waals surface area contributed by atoms with Gasteiger partial charge in [-0.2, -0.15) is 5.26 Å². The molecule has 0 bridgehead atoms. The fourth-order valence-corrected chi connectivity index (χ4v) is 1.87. The highest BCUT2D eigenvalue weighted by molar-refractivity contribution is 6.45. The van der Waals surface area contributed by atoms with Crippen LogP contribution in [0.3, 0.4) is 0 Å². The molecule has 0 saturated carbocycles. The Morgan fingerprint density at radius 3 is 2.41 bits per heavy atom. The van der Waals surface area contributed by atoms with Crippen LogP contribution in [0.1, 0.15) is 0 Å². The Morgan fingerprint density at radius 1 is 1.41 bits per heavy atom. The number of carbonyl (C=O) groups is 1. The quantitative estimate of drug-likeness (QED) is 0.0977. The highest BCUT2D eigenvalue weighted by Crippen LogP contribution is 2.22. The predicted octanol–water partition coefficient (Wildman–Crippen LogP) is -4.15. The maximum absolute atomic E-state index is 12.2. The van der Waals surface area contributed by atoms with Gasteiger partial charge in [0.2, 0.25) is 0 Å². The van der Waals surface area contributed by atoms with Crippen molar-refractivity contribution in [3.63, 3.8) is 0 Å². The van der Waals surface area contributed by atoms with E-state index >= 15 is 0 Å². The zero-order valence-corrected chi connectivity index (χ0v) is 11.7. The number of amides is 1. The van der Waals surface area contributed by atoms with Gasteiger partial charge in [-0.15, -0.1) is 0 Å². The minimum atomic E-state index is -1.54. The van der Waals surface area contributed by atoms with Crippen molar-refractivity contribution in [1.82, 2.24) is 5.01 Å². The Balaban J connectivity index is 3.01. The average Bonchev–Trinajstić information content (AvgIpc) is 2.81. The number of aliphatic hydroxyl groups excluding tert-OH is 3. The summed E-state index contributed by atoms with van der Waals surface area (Å²) in [7, 11) is 1.23. The molecule has 4 atom stereocenters. The van der Waals surface area contributed by atoms with Crippen molar-refractivity contribution in [3.8, 4) is 6.07 Å². The largest absolute Gasteiger partial charge is 0.395 e. The van der Waals surface area contributed by atoms with Crippen LogP contribution in [0.5, 0.6) is 0 Å². The Morgan fingerprint density at radius 2 is 2.00 bits per heavy atom. The number of carbonyl (C=O) groups excluding carboxylic acids is 1. The van der Waals surface area contributed by atoms with Crippen molar-refractivity contribution in [2.75, 3.05) is 13.7 Å². The molecule has 1 heterocycles. The lowest BCUT2D eigenvalue weighted by Gasteiger charge is -2.26. The number of hydrogen-bond acceptors (Lipinski definition) is 10. The molecule has 4 unspecified atom stereocenters. The summed E-state index contributed by atoms with van der Waals surface area (Å²) < 4.78 is 5.10. The molecule has 0 aromatic heterocycles. The van der Waals surface area contributed by atoms with E-state index in [1.165, 1.54) is 7.05 Å². The topological polar surface area (TPSA) is 204 Å². The lowest BCUT2D eigenvalue weighted by molar-refractivity contribution is -0.146. The van der Waals surface area contributed by atoms with Crippen molar-refractivity contribution in [2.45, 2.75) is 24.5 Å². The standard InChI is InChI=1S/C11H18N6O5/c1-16-7(6(14)4(13)2-12)10(21)17(15)11-9(20)8(19)5(3-18)22-11/h5,8-9,11,18-20H,3,13-15H2,1H3/b6-4+,16-7?. The van der Waals surface area contributed by atoms with Gasteiger partial charge in [0.1, 0.15) is 35.8 Å². The van der Waals surface area contributed by atoms with Crippen LogP contribution in [-0.4, -0.2) is 70.1 Å². The van der Waals surface area contributed by atoms with E-state index in [4.69, 9.17) is 32.4 Å². The third kappa shape index (κ3) is 3.16. The van der Waals surface area contributed by atoms with Gasteiger partial charge in [0, 0.05) is 7.05 Å². The molecule has 0 aromatic rings. The maximum Gasteiger partial charge on any atom is 0.290 e. The summed E-state index contributed by atoms with van der Waals surface area (Å²) in [5.74, 6) is 4.59. The van der Waals surface area contributed by atoms with Gasteiger partial charge in [-0.3, -0.25) is 9.79 Å². The van der Waals surface area contributed by atoms with Gasteiger partial charge in [0.15, 0.2) is 6.23 Å². The molecule has 1 fully saturated rings. The Labute approximate surface area is 125 Å². The summed E-state index contributed by atoms with van der Waals surface area (Å²) in [6, 6.07) is 1.56. The van der Waals surface area contributed by atoms with Crippen LogP contribution < -0.4 is 17.3 Å². The zero-order chi connectivity index (χ0) is 17.0. The van der Waals surface area contributed by atoms with Crippen LogP contribution >= 0.6 is 0 Å². The van der Waals surface area contributed by atoms with E-state index < -0.39 is 48.5 Å².